The van der Waals surface area contributed by atoms with Crippen molar-refractivity contribution in [3.05, 3.63) is 34.1 Å². The molecule has 18 heavy (non-hydrogen) atoms. The van der Waals surface area contributed by atoms with Gasteiger partial charge in [0, 0.05) is 21.8 Å². The number of benzene rings is 1. The highest BCUT2D eigenvalue weighted by Crippen LogP contribution is 2.18. The Labute approximate surface area is 124 Å². The van der Waals surface area contributed by atoms with Crippen LogP contribution in [0.5, 0.6) is 0 Å². The fraction of sp³-hybridized carbons (Fsp3) is 0.417. The zero-order valence-electron chi connectivity index (χ0n) is 9.77. The van der Waals surface area contributed by atoms with E-state index in [1.165, 1.54) is 12.1 Å². The van der Waals surface area contributed by atoms with Gasteiger partial charge >= 0.3 is 0 Å². The molecule has 0 unspecified atom stereocenters. The molecule has 2 nitrogen and oxygen atoms in total. The van der Waals surface area contributed by atoms with E-state index in [-0.39, 0.29) is 17.3 Å². The quantitative estimate of drug-likeness (QED) is 0.795. The highest BCUT2D eigenvalue weighted by atomic mass is 79.9. The summed E-state index contributed by atoms with van der Waals surface area (Å²) < 4.78 is 13.7. The number of carbonyl (C=O) groups is 1. The molecule has 0 heterocycles. The van der Waals surface area contributed by atoms with Crippen LogP contribution in [0.1, 0.15) is 23.7 Å². The molecule has 0 aliphatic heterocycles. The maximum Gasteiger partial charge on any atom is 0.251 e. The maximum absolute atomic E-state index is 13.2. The van der Waals surface area contributed by atoms with Gasteiger partial charge in [-0.15, -0.1) is 23.2 Å². The molecule has 1 aromatic carbocycles. The predicted molar refractivity (Wildman–Crippen MR) is 76.0 cm³/mol. The Balaban J connectivity index is 2.94. The molecule has 6 heteroatoms. The van der Waals surface area contributed by atoms with Gasteiger partial charge in [0.05, 0.1) is 5.54 Å². The van der Waals surface area contributed by atoms with E-state index in [0.29, 0.717) is 10.9 Å². The predicted octanol–water partition coefficient (Wildman–Crippen LogP) is 3.94. The van der Waals surface area contributed by atoms with Gasteiger partial charge in [-0.3, -0.25) is 4.79 Å². The molecule has 0 saturated carbocycles. The van der Waals surface area contributed by atoms with E-state index < -0.39 is 17.3 Å². The maximum atomic E-state index is 13.2. The van der Waals surface area contributed by atoms with Crippen LogP contribution >= 0.6 is 39.1 Å². The van der Waals surface area contributed by atoms with E-state index in [4.69, 9.17) is 23.2 Å². The van der Waals surface area contributed by atoms with Crippen molar-refractivity contribution in [3.8, 4) is 0 Å². The fourth-order valence-electron chi connectivity index (χ4n) is 1.38. The molecule has 0 fully saturated rings. The molecule has 1 rings (SSSR count). The fourth-order valence-corrected chi connectivity index (χ4v) is 2.64. The van der Waals surface area contributed by atoms with Crippen LogP contribution in [0.4, 0.5) is 4.39 Å². The second-order valence-electron chi connectivity index (χ2n) is 4.01. The number of nitrogens with one attached hydrogen (secondary N) is 1. The van der Waals surface area contributed by atoms with Crippen LogP contribution in [0.25, 0.3) is 0 Å². The first-order valence-electron chi connectivity index (χ1n) is 5.37. The molecule has 0 aliphatic rings. The van der Waals surface area contributed by atoms with Gasteiger partial charge in [-0.1, -0.05) is 22.9 Å². The first-order chi connectivity index (χ1) is 8.46. The minimum Gasteiger partial charge on any atom is -0.344 e. The minimum absolute atomic E-state index is 0.204. The average molecular weight is 357 g/mol. The SMILES string of the molecule is CCC(CCl)(CCl)NC(=O)c1cc(F)cc(Br)c1. The standard InChI is InChI=1S/C12H13BrCl2FNO/c1-2-12(6-14,7-15)17-11(18)8-3-9(13)5-10(16)4-8/h3-5H,2,6-7H2,1H3,(H,17,18). The van der Waals surface area contributed by atoms with Gasteiger partial charge in [0.2, 0.25) is 0 Å². The van der Waals surface area contributed by atoms with Crippen LogP contribution in [0.3, 0.4) is 0 Å². The number of alkyl halides is 2. The number of halogens is 4. The minimum atomic E-state index is -0.668. The number of amides is 1. The van der Waals surface area contributed by atoms with Gasteiger partial charge in [0.25, 0.3) is 5.91 Å². The third-order valence-corrected chi connectivity index (χ3v) is 4.17. The first-order valence-corrected chi connectivity index (χ1v) is 7.23. The molecule has 1 amide bonds. The summed E-state index contributed by atoms with van der Waals surface area (Å²) in [6.07, 6.45) is 0.599. The lowest BCUT2D eigenvalue weighted by Crippen LogP contribution is -2.51. The van der Waals surface area contributed by atoms with Crippen LogP contribution in [-0.4, -0.2) is 23.2 Å². The highest BCUT2D eigenvalue weighted by Gasteiger charge is 2.28. The molecule has 1 N–H and O–H groups in total. The van der Waals surface area contributed by atoms with Crippen molar-refractivity contribution in [1.82, 2.24) is 5.32 Å². The molecular formula is C12H13BrCl2FNO. The molecule has 0 bridgehead atoms. The van der Waals surface area contributed by atoms with Crippen molar-refractivity contribution in [2.24, 2.45) is 0 Å². The first kappa shape index (κ1) is 15.7. The van der Waals surface area contributed by atoms with Gasteiger partial charge in [0.1, 0.15) is 5.82 Å². The van der Waals surface area contributed by atoms with Crippen LogP contribution in [0.15, 0.2) is 22.7 Å². The largest absolute Gasteiger partial charge is 0.344 e. The lowest BCUT2D eigenvalue weighted by Gasteiger charge is -2.29. The second-order valence-corrected chi connectivity index (χ2v) is 5.46. The van der Waals surface area contributed by atoms with Gasteiger partial charge in [-0.05, 0) is 24.6 Å². The topological polar surface area (TPSA) is 29.1 Å². The Kier molecular flexibility index (Phi) is 5.89. The molecule has 0 aliphatic carbocycles. The van der Waals surface area contributed by atoms with Crippen LogP contribution in [-0.2, 0) is 0 Å². The third-order valence-electron chi connectivity index (χ3n) is 2.69. The molecule has 100 valence electrons. The second kappa shape index (κ2) is 6.73. The molecule has 0 aromatic heterocycles. The molecular weight excluding hydrogens is 344 g/mol. The summed E-state index contributed by atoms with van der Waals surface area (Å²) in [4.78, 5) is 12.0. The van der Waals surface area contributed by atoms with E-state index in [0.717, 1.165) is 0 Å². The summed E-state index contributed by atoms with van der Waals surface area (Å²) in [5.74, 6) is -0.462. The zero-order valence-corrected chi connectivity index (χ0v) is 12.9. The number of hydrogen-bond donors (Lipinski definition) is 1. The van der Waals surface area contributed by atoms with E-state index >= 15 is 0 Å². The van der Waals surface area contributed by atoms with Crippen molar-refractivity contribution in [2.75, 3.05) is 11.8 Å². The number of hydrogen-bond acceptors (Lipinski definition) is 1. The van der Waals surface area contributed by atoms with Crippen molar-refractivity contribution >= 4 is 45.0 Å². The van der Waals surface area contributed by atoms with E-state index in [9.17, 15) is 9.18 Å². The van der Waals surface area contributed by atoms with Gasteiger partial charge < -0.3 is 5.32 Å². The Morgan fingerprint density at radius 2 is 2.00 bits per heavy atom. The van der Waals surface area contributed by atoms with Crippen molar-refractivity contribution in [3.63, 3.8) is 0 Å². The van der Waals surface area contributed by atoms with Gasteiger partial charge in [-0.2, -0.15) is 0 Å². The van der Waals surface area contributed by atoms with Crippen molar-refractivity contribution in [2.45, 2.75) is 18.9 Å². The lowest BCUT2D eigenvalue weighted by molar-refractivity contribution is 0.0913. The summed E-state index contributed by atoms with van der Waals surface area (Å²) in [7, 11) is 0. The number of carbonyl (C=O) groups excluding carboxylic acids is 1. The van der Waals surface area contributed by atoms with Gasteiger partial charge in [-0.25, -0.2) is 4.39 Å². The zero-order chi connectivity index (χ0) is 13.8. The summed E-state index contributed by atoms with van der Waals surface area (Å²) in [5.41, 5.74) is -0.436. The summed E-state index contributed by atoms with van der Waals surface area (Å²) in [6.45, 7) is 1.88. The molecule has 1 aromatic rings. The molecule has 0 spiro atoms. The van der Waals surface area contributed by atoms with Crippen molar-refractivity contribution in [1.29, 1.82) is 0 Å². The molecule has 0 radical (unpaired) electrons. The van der Waals surface area contributed by atoms with Crippen LogP contribution < -0.4 is 5.32 Å². The van der Waals surface area contributed by atoms with E-state index in [1.54, 1.807) is 6.07 Å². The average Bonchev–Trinajstić information content (AvgIpc) is 2.35. The smallest absolute Gasteiger partial charge is 0.251 e. The third kappa shape index (κ3) is 3.84. The van der Waals surface area contributed by atoms with E-state index in [2.05, 4.69) is 21.2 Å². The normalized spacial score (nSPS) is 11.4. The molecule has 0 atom stereocenters. The summed E-state index contributed by atoms with van der Waals surface area (Å²) in [5, 5.41) is 2.76. The molecule has 0 saturated heterocycles. The number of rotatable bonds is 5. The Hall–Kier alpha value is -0.320. The summed E-state index contributed by atoms with van der Waals surface area (Å²) >= 11 is 14.8. The Morgan fingerprint density at radius 1 is 1.39 bits per heavy atom. The monoisotopic (exact) mass is 355 g/mol. The summed E-state index contributed by atoms with van der Waals surface area (Å²) in [6, 6.07) is 4.00. The van der Waals surface area contributed by atoms with Gasteiger partial charge in [0.15, 0.2) is 0 Å². The highest BCUT2D eigenvalue weighted by molar-refractivity contribution is 9.10. The van der Waals surface area contributed by atoms with Crippen molar-refractivity contribution < 1.29 is 9.18 Å². The van der Waals surface area contributed by atoms with E-state index in [1.807, 2.05) is 6.92 Å². The van der Waals surface area contributed by atoms with Crippen LogP contribution in [0.2, 0.25) is 0 Å². The Bertz CT molecular complexity index is 410. The Morgan fingerprint density at radius 3 is 2.44 bits per heavy atom. The lowest BCUT2D eigenvalue weighted by atomic mass is 10.0. The van der Waals surface area contributed by atoms with Crippen LogP contribution in [0, 0.1) is 5.82 Å².